The van der Waals surface area contributed by atoms with Crippen molar-refractivity contribution in [3.8, 4) is 5.75 Å². The largest absolute Gasteiger partial charge is 0.492 e. The average Bonchev–Trinajstić information content (AvgIpc) is 3.37. The molecule has 5 rings (SSSR count). The molecule has 32 heavy (non-hydrogen) atoms. The Morgan fingerprint density at radius 3 is 2.88 bits per heavy atom. The zero-order chi connectivity index (χ0) is 22.1. The summed E-state index contributed by atoms with van der Waals surface area (Å²) in [7, 11) is 0. The second-order valence-corrected chi connectivity index (χ2v) is 9.05. The van der Waals surface area contributed by atoms with Crippen LogP contribution in [0.25, 0.3) is 10.8 Å². The minimum absolute atomic E-state index is 0.273. The normalized spacial score (nSPS) is 19.8. The first-order valence-electron chi connectivity index (χ1n) is 10.7. The number of hydrogen-bond acceptors (Lipinski definition) is 5. The monoisotopic (exact) mass is 449 g/mol. The third-order valence-corrected chi connectivity index (χ3v) is 7.03. The molecule has 8 heteroatoms. The van der Waals surface area contributed by atoms with Gasteiger partial charge >= 0.3 is 6.03 Å². The van der Waals surface area contributed by atoms with Gasteiger partial charge in [-0.2, -0.15) is 0 Å². The number of hydrogen-bond donors (Lipinski definition) is 2. The molecule has 0 radical (unpaired) electrons. The number of thiophene rings is 1. The van der Waals surface area contributed by atoms with Gasteiger partial charge in [-0.3, -0.25) is 14.5 Å². The standard InChI is InChI=1S/C24H23N3O4S/c28-21(25-11-12-31-18-8-7-16-4-1-2-5-17(16)14-18)15-27-22(29)24(26-23(27)30)10-3-6-20-19(24)9-13-32-20/h1-2,4-5,7-9,13-14H,3,6,10-12,15H2,(H,25,28)(H,26,30)/t24-/m1/s1. The molecule has 1 aliphatic carbocycles. The molecule has 0 saturated carbocycles. The van der Waals surface area contributed by atoms with Crippen LogP contribution < -0.4 is 15.4 Å². The van der Waals surface area contributed by atoms with Crippen molar-refractivity contribution in [2.24, 2.45) is 0 Å². The first kappa shape index (κ1) is 20.5. The van der Waals surface area contributed by atoms with Crippen LogP contribution in [0.3, 0.4) is 0 Å². The quantitative estimate of drug-likeness (QED) is 0.447. The smallest absolute Gasteiger partial charge is 0.325 e. The molecule has 2 heterocycles. The van der Waals surface area contributed by atoms with E-state index >= 15 is 0 Å². The zero-order valence-corrected chi connectivity index (χ0v) is 18.2. The van der Waals surface area contributed by atoms with Gasteiger partial charge in [-0.05, 0) is 53.6 Å². The fourth-order valence-electron chi connectivity index (χ4n) is 4.50. The van der Waals surface area contributed by atoms with Crippen LogP contribution in [-0.4, -0.2) is 42.4 Å². The Morgan fingerprint density at radius 1 is 1.16 bits per heavy atom. The summed E-state index contributed by atoms with van der Waals surface area (Å²) in [6.07, 6.45) is 2.29. The van der Waals surface area contributed by atoms with E-state index in [4.69, 9.17) is 4.74 Å². The first-order valence-corrected chi connectivity index (χ1v) is 11.5. The lowest BCUT2D eigenvalue weighted by Gasteiger charge is -2.31. The van der Waals surface area contributed by atoms with Crippen LogP contribution in [0.1, 0.15) is 23.3 Å². The Morgan fingerprint density at radius 2 is 2.00 bits per heavy atom. The van der Waals surface area contributed by atoms with Crippen molar-refractivity contribution in [3.05, 3.63) is 64.4 Å². The molecular weight excluding hydrogens is 426 g/mol. The maximum absolute atomic E-state index is 13.2. The minimum atomic E-state index is -1.02. The third-order valence-electron chi connectivity index (χ3n) is 6.05. The van der Waals surface area contributed by atoms with Gasteiger partial charge in [0.05, 0.1) is 6.54 Å². The lowest BCUT2D eigenvalue weighted by Crippen LogP contribution is -2.47. The van der Waals surface area contributed by atoms with Crippen molar-refractivity contribution < 1.29 is 19.1 Å². The lowest BCUT2D eigenvalue weighted by molar-refractivity contribution is -0.135. The SMILES string of the molecule is O=C(CN1C(=O)N[C@@]2(CCCc3sccc32)C1=O)NCCOc1ccc2ccccc2c1. The molecular formula is C24H23N3O4S. The van der Waals surface area contributed by atoms with Gasteiger partial charge in [0.15, 0.2) is 0 Å². The molecule has 1 aliphatic heterocycles. The van der Waals surface area contributed by atoms with Gasteiger partial charge in [-0.1, -0.05) is 30.3 Å². The molecule has 2 aromatic carbocycles. The van der Waals surface area contributed by atoms with E-state index in [9.17, 15) is 14.4 Å². The van der Waals surface area contributed by atoms with Gasteiger partial charge < -0.3 is 15.4 Å². The molecule has 2 aliphatic rings. The number of aryl methyl sites for hydroxylation is 1. The molecule has 0 bridgehead atoms. The van der Waals surface area contributed by atoms with E-state index in [0.717, 1.165) is 44.7 Å². The molecule has 1 saturated heterocycles. The summed E-state index contributed by atoms with van der Waals surface area (Å²) in [5.41, 5.74) is -0.150. The topological polar surface area (TPSA) is 87.7 Å². The molecule has 0 unspecified atom stereocenters. The average molecular weight is 450 g/mol. The molecule has 7 nitrogen and oxygen atoms in total. The fraction of sp³-hybridized carbons (Fsp3) is 0.292. The van der Waals surface area contributed by atoms with Gasteiger partial charge in [0.25, 0.3) is 5.91 Å². The van der Waals surface area contributed by atoms with Gasteiger partial charge in [0.1, 0.15) is 24.4 Å². The summed E-state index contributed by atoms with van der Waals surface area (Å²) in [4.78, 5) is 40.2. The highest BCUT2D eigenvalue weighted by molar-refractivity contribution is 7.10. The maximum Gasteiger partial charge on any atom is 0.325 e. The van der Waals surface area contributed by atoms with E-state index in [0.29, 0.717) is 6.42 Å². The van der Waals surface area contributed by atoms with E-state index in [-0.39, 0.29) is 25.6 Å². The number of amides is 4. The number of fused-ring (bicyclic) bond motifs is 3. The summed E-state index contributed by atoms with van der Waals surface area (Å²) in [6, 6.07) is 15.2. The lowest BCUT2D eigenvalue weighted by atomic mass is 9.80. The summed E-state index contributed by atoms with van der Waals surface area (Å²) in [5.74, 6) is -0.0173. The van der Waals surface area contributed by atoms with E-state index in [1.807, 2.05) is 53.9 Å². The number of nitrogens with zero attached hydrogens (tertiary/aromatic N) is 1. The van der Waals surface area contributed by atoms with E-state index in [1.54, 1.807) is 11.3 Å². The highest BCUT2D eigenvalue weighted by atomic mass is 32.1. The summed E-state index contributed by atoms with van der Waals surface area (Å²) in [6.45, 7) is 0.253. The predicted octanol–water partition coefficient (Wildman–Crippen LogP) is 3.18. The van der Waals surface area contributed by atoms with Crippen LogP contribution in [0.4, 0.5) is 4.79 Å². The summed E-state index contributed by atoms with van der Waals surface area (Å²) >= 11 is 1.60. The van der Waals surface area contributed by atoms with Gasteiger partial charge in [0, 0.05) is 10.4 Å². The summed E-state index contributed by atoms with van der Waals surface area (Å²) < 4.78 is 5.72. The highest BCUT2D eigenvalue weighted by Crippen LogP contribution is 2.42. The predicted molar refractivity (Wildman–Crippen MR) is 122 cm³/mol. The highest BCUT2D eigenvalue weighted by Gasteiger charge is 2.54. The van der Waals surface area contributed by atoms with Crippen LogP contribution in [0.2, 0.25) is 0 Å². The Bertz CT molecular complexity index is 1210. The van der Waals surface area contributed by atoms with Crippen molar-refractivity contribution in [3.63, 3.8) is 0 Å². The molecule has 1 atom stereocenters. The number of nitrogens with one attached hydrogen (secondary N) is 2. The molecule has 164 valence electrons. The van der Waals surface area contributed by atoms with Crippen molar-refractivity contribution in [1.82, 2.24) is 15.5 Å². The van der Waals surface area contributed by atoms with E-state index < -0.39 is 17.5 Å². The Hall–Kier alpha value is -3.39. The van der Waals surface area contributed by atoms with Crippen LogP contribution in [-0.2, 0) is 21.5 Å². The van der Waals surface area contributed by atoms with Crippen molar-refractivity contribution >= 4 is 40.0 Å². The first-order chi connectivity index (χ1) is 15.6. The number of carbonyl (C=O) groups is 3. The molecule has 1 aromatic heterocycles. The number of carbonyl (C=O) groups excluding carboxylic acids is 3. The Kier molecular flexibility index (Phi) is 5.30. The van der Waals surface area contributed by atoms with Crippen LogP contribution in [0.5, 0.6) is 5.75 Å². The van der Waals surface area contributed by atoms with Crippen LogP contribution in [0.15, 0.2) is 53.9 Å². The number of rotatable bonds is 6. The van der Waals surface area contributed by atoms with Crippen molar-refractivity contribution in [2.45, 2.75) is 24.8 Å². The van der Waals surface area contributed by atoms with Crippen molar-refractivity contribution in [1.29, 1.82) is 0 Å². The molecule has 1 spiro atoms. The Balaban J connectivity index is 1.15. The minimum Gasteiger partial charge on any atom is -0.492 e. The fourth-order valence-corrected chi connectivity index (χ4v) is 5.50. The molecule has 4 amide bonds. The van der Waals surface area contributed by atoms with Gasteiger partial charge in [0.2, 0.25) is 5.91 Å². The van der Waals surface area contributed by atoms with E-state index in [1.165, 1.54) is 0 Å². The second kappa shape index (κ2) is 8.27. The Labute approximate surface area is 189 Å². The number of imide groups is 1. The number of benzene rings is 2. The molecule has 2 N–H and O–H groups in total. The third kappa shape index (κ3) is 3.60. The zero-order valence-electron chi connectivity index (χ0n) is 17.4. The maximum atomic E-state index is 13.2. The van der Waals surface area contributed by atoms with Gasteiger partial charge in [-0.15, -0.1) is 11.3 Å². The molecule has 1 fully saturated rings. The van der Waals surface area contributed by atoms with Crippen LogP contribution >= 0.6 is 11.3 Å². The second-order valence-electron chi connectivity index (χ2n) is 8.05. The molecule has 3 aromatic rings. The van der Waals surface area contributed by atoms with Crippen LogP contribution in [0, 0.1) is 0 Å². The van der Waals surface area contributed by atoms with Gasteiger partial charge in [-0.25, -0.2) is 4.79 Å². The number of ether oxygens (including phenoxy) is 1. The summed E-state index contributed by atoms with van der Waals surface area (Å²) in [5, 5.41) is 9.75. The number of urea groups is 1. The van der Waals surface area contributed by atoms with Crippen molar-refractivity contribution in [2.75, 3.05) is 19.7 Å². The van der Waals surface area contributed by atoms with E-state index in [2.05, 4.69) is 10.6 Å².